The van der Waals surface area contributed by atoms with Crippen LogP contribution in [0.2, 0.25) is 5.02 Å². The number of carbonyl (C=O) groups is 2. The Hall–Kier alpha value is -3.03. The van der Waals surface area contributed by atoms with Crippen LogP contribution in [0.1, 0.15) is 15.9 Å². The highest BCUT2D eigenvalue weighted by molar-refractivity contribution is 8.18. The van der Waals surface area contributed by atoms with Crippen molar-refractivity contribution < 1.29 is 19.4 Å². The minimum absolute atomic E-state index is 0.0416. The van der Waals surface area contributed by atoms with E-state index < -0.39 is 5.97 Å². The molecule has 0 spiro atoms. The first-order chi connectivity index (χ1) is 13.9. The number of aromatic carboxylic acids is 1. The number of hydrogen-bond donors (Lipinski definition) is 1. The van der Waals surface area contributed by atoms with Crippen LogP contribution in [0.25, 0.3) is 6.08 Å². The molecule has 1 aliphatic rings. The van der Waals surface area contributed by atoms with Crippen molar-refractivity contribution in [3.63, 3.8) is 0 Å². The highest BCUT2D eigenvalue weighted by Crippen LogP contribution is 2.34. The molecule has 6 nitrogen and oxygen atoms in total. The maximum atomic E-state index is 12.6. The molecule has 1 N–H and O–H groups in total. The number of likely N-dealkylation sites (N-methyl/N-ethyl adjacent to an activating group) is 1. The van der Waals surface area contributed by atoms with E-state index in [1.165, 1.54) is 28.8 Å². The van der Waals surface area contributed by atoms with Crippen LogP contribution in [0.3, 0.4) is 0 Å². The van der Waals surface area contributed by atoms with Crippen LogP contribution in [-0.2, 0) is 4.79 Å². The van der Waals surface area contributed by atoms with Crippen LogP contribution in [0, 0.1) is 0 Å². The Bertz CT molecular complexity index is 1030. The summed E-state index contributed by atoms with van der Waals surface area (Å²) < 4.78 is 5.45. The molecule has 1 saturated heterocycles. The van der Waals surface area contributed by atoms with E-state index in [1.807, 2.05) is 24.3 Å². The fourth-order valence-electron chi connectivity index (χ4n) is 2.48. The first-order valence-electron chi connectivity index (χ1n) is 8.52. The normalized spacial score (nSPS) is 16.5. The van der Waals surface area contributed by atoms with E-state index in [1.54, 1.807) is 25.3 Å². The maximum absolute atomic E-state index is 12.6. The number of rotatable bonds is 6. The lowest BCUT2D eigenvalue weighted by Gasteiger charge is -2.07. The van der Waals surface area contributed by atoms with Gasteiger partial charge in [0.15, 0.2) is 5.17 Å². The smallest absolute Gasteiger partial charge is 0.337 e. The minimum Gasteiger partial charge on any atom is -0.490 e. The fourth-order valence-corrected chi connectivity index (χ4v) is 3.66. The van der Waals surface area contributed by atoms with E-state index in [0.29, 0.717) is 28.1 Å². The molecule has 3 rings (SSSR count). The number of amidine groups is 1. The van der Waals surface area contributed by atoms with Crippen molar-refractivity contribution in [2.24, 2.45) is 4.99 Å². The van der Waals surface area contributed by atoms with Crippen molar-refractivity contribution in [1.29, 1.82) is 0 Å². The van der Waals surface area contributed by atoms with Gasteiger partial charge in [-0.15, -0.1) is 0 Å². The zero-order valence-electron chi connectivity index (χ0n) is 15.5. The summed E-state index contributed by atoms with van der Waals surface area (Å²) in [5, 5.41) is 9.77. The molecule has 0 radical (unpaired) electrons. The Kier molecular flexibility index (Phi) is 6.41. The van der Waals surface area contributed by atoms with Crippen molar-refractivity contribution in [2.45, 2.75) is 0 Å². The van der Waals surface area contributed by atoms with E-state index in [9.17, 15) is 14.7 Å². The van der Waals surface area contributed by atoms with E-state index in [0.717, 1.165) is 5.56 Å². The van der Waals surface area contributed by atoms with Gasteiger partial charge in [0.2, 0.25) is 0 Å². The third-order valence-corrected chi connectivity index (χ3v) is 5.34. The van der Waals surface area contributed by atoms with Crippen LogP contribution >= 0.6 is 23.4 Å². The van der Waals surface area contributed by atoms with E-state index in [4.69, 9.17) is 16.3 Å². The summed E-state index contributed by atoms with van der Waals surface area (Å²) in [5.74, 6) is -0.608. The average Bonchev–Trinajstić information content (AvgIpc) is 2.96. The van der Waals surface area contributed by atoms with Crippen molar-refractivity contribution in [3.8, 4) is 5.75 Å². The Labute approximate surface area is 177 Å². The quantitative estimate of drug-likeness (QED) is 0.526. The summed E-state index contributed by atoms with van der Waals surface area (Å²) in [6.45, 7) is 4.03. The number of nitrogens with zero attached hydrogens (tertiary/aromatic N) is 2. The molecule has 0 bridgehead atoms. The number of hydrogen-bond acceptors (Lipinski definition) is 5. The van der Waals surface area contributed by atoms with Gasteiger partial charge >= 0.3 is 5.97 Å². The Morgan fingerprint density at radius 1 is 1.31 bits per heavy atom. The predicted molar refractivity (Wildman–Crippen MR) is 116 cm³/mol. The first-order valence-corrected chi connectivity index (χ1v) is 9.71. The summed E-state index contributed by atoms with van der Waals surface area (Å²) in [4.78, 5) is 30.1. The van der Waals surface area contributed by atoms with Gasteiger partial charge in [-0.1, -0.05) is 36.4 Å². The molecule has 0 unspecified atom stereocenters. The number of carboxylic acid groups (broad SMARTS) is 1. The molecular weight excluding hydrogens is 412 g/mol. The number of ether oxygens (including phenoxy) is 1. The standard InChI is InChI=1S/C21H17ClN2O4S/c1-3-10-28-15-7-4-13(5-8-15)11-18-19(25)24(2)21(29-18)23-14-6-9-17(22)16(12-14)20(26)27/h3-9,11-12H,1,10H2,2H3,(H,26,27). The minimum atomic E-state index is -1.14. The van der Waals surface area contributed by atoms with Gasteiger partial charge in [-0.05, 0) is 53.7 Å². The third-order valence-electron chi connectivity index (χ3n) is 3.95. The molecule has 8 heteroatoms. The Morgan fingerprint density at radius 2 is 2.03 bits per heavy atom. The monoisotopic (exact) mass is 428 g/mol. The lowest BCUT2D eigenvalue weighted by molar-refractivity contribution is -0.121. The highest BCUT2D eigenvalue weighted by Gasteiger charge is 2.30. The van der Waals surface area contributed by atoms with Gasteiger partial charge < -0.3 is 9.84 Å². The summed E-state index contributed by atoms with van der Waals surface area (Å²) in [5.41, 5.74) is 1.21. The molecule has 0 aliphatic carbocycles. The second-order valence-electron chi connectivity index (χ2n) is 6.01. The van der Waals surface area contributed by atoms with Crippen LogP contribution in [0.15, 0.2) is 65.0 Å². The van der Waals surface area contributed by atoms with Crippen molar-refractivity contribution in [3.05, 3.63) is 76.2 Å². The van der Waals surface area contributed by atoms with Gasteiger partial charge in [-0.2, -0.15) is 0 Å². The van der Waals surface area contributed by atoms with Crippen molar-refractivity contribution in [2.75, 3.05) is 13.7 Å². The topological polar surface area (TPSA) is 79.2 Å². The van der Waals surface area contributed by atoms with Crippen molar-refractivity contribution >= 4 is 52.2 Å². The fraction of sp³-hybridized carbons (Fsp3) is 0.0952. The Morgan fingerprint density at radius 3 is 2.69 bits per heavy atom. The van der Waals surface area contributed by atoms with E-state index >= 15 is 0 Å². The average molecular weight is 429 g/mol. The Balaban J connectivity index is 1.83. The largest absolute Gasteiger partial charge is 0.490 e. The third kappa shape index (κ3) is 4.88. The number of carboxylic acids is 1. The van der Waals surface area contributed by atoms with Crippen LogP contribution in [-0.4, -0.2) is 40.7 Å². The zero-order chi connectivity index (χ0) is 21.0. The predicted octanol–water partition coefficient (Wildman–Crippen LogP) is 4.84. The molecule has 0 atom stereocenters. The molecular formula is C21H17ClN2O4S. The maximum Gasteiger partial charge on any atom is 0.337 e. The number of thioether (sulfide) groups is 1. The van der Waals surface area contributed by atoms with Gasteiger partial charge in [-0.3, -0.25) is 9.69 Å². The van der Waals surface area contributed by atoms with Gasteiger partial charge in [0.25, 0.3) is 5.91 Å². The SMILES string of the molecule is C=CCOc1ccc(C=C2SC(=Nc3ccc(Cl)c(C(=O)O)c3)N(C)C2=O)cc1. The second-order valence-corrected chi connectivity index (χ2v) is 7.42. The number of aliphatic imine (C=N–C) groups is 1. The molecule has 0 aromatic heterocycles. The van der Waals surface area contributed by atoms with Gasteiger partial charge in [-0.25, -0.2) is 9.79 Å². The molecule has 2 aromatic carbocycles. The van der Waals surface area contributed by atoms with Gasteiger partial charge in [0.05, 0.1) is 21.2 Å². The van der Waals surface area contributed by atoms with Crippen LogP contribution in [0.4, 0.5) is 5.69 Å². The summed E-state index contributed by atoms with van der Waals surface area (Å²) in [6, 6.07) is 11.8. The second kappa shape index (κ2) is 8.98. The summed E-state index contributed by atoms with van der Waals surface area (Å²) >= 11 is 7.11. The van der Waals surface area contributed by atoms with E-state index in [2.05, 4.69) is 11.6 Å². The van der Waals surface area contributed by atoms with Gasteiger partial charge in [0.1, 0.15) is 12.4 Å². The molecule has 148 valence electrons. The molecule has 1 amide bonds. The van der Waals surface area contributed by atoms with Gasteiger partial charge in [0, 0.05) is 7.05 Å². The molecule has 0 saturated carbocycles. The summed E-state index contributed by atoms with van der Waals surface area (Å²) in [6.07, 6.45) is 3.44. The number of amides is 1. The number of benzene rings is 2. The highest BCUT2D eigenvalue weighted by atomic mass is 35.5. The molecule has 1 heterocycles. The number of halogens is 1. The summed E-state index contributed by atoms with van der Waals surface area (Å²) in [7, 11) is 1.62. The lowest BCUT2D eigenvalue weighted by Crippen LogP contribution is -2.23. The first kappa shape index (κ1) is 20.7. The lowest BCUT2D eigenvalue weighted by atomic mass is 10.2. The zero-order valence-corrected chi connectivity index (χ0v) is 17.0. The number of carbonyl (C=O) groups excluding carboxylic acids is 1. The molecule has 1 fully saturated rings. The van der Waals surface area contributed by atoms with Crippen molar-refractivity contribution in [1.82, 2.24) is 4.90 Å². The molecule has 2 aromatic rings. The van der Waals surface area contributed by atoms with Crippen LogP contribution < -0.4 is 4.74 Å². The van der Waals surface area contributed by atoms with Crippen LogP contribution in [0.5, 0.6) is 5.75 Å². The molecule has 1 aliphatic heterocycles. The van der Waals surface area contributed by atoms with E-state index in [-0.39, 0.29) is 16.5 Å². The molecule has 29 heavy (non-hydrogen) atoms.